The molecule has 4 heteroatoms. The molecule has 160 valence electrons. The second kappa shape index (κ2) is 6.85. The Morgan fingerprint density at radius 1 is 0.871 bits per heavy atom. The molecule has 1 saturated heterocycles. The van der Waals surface area contributed by atoms with Gasteiger partial charge in [-0.2, -0.15) is 0 Å². The lowest BCUT2D eigenvalue weighted by atomic mass is 9.67. The van der Waals surface area contributed by atoms with Crippen molar-refractivity contribution >= 4 is 24.0 Å². The Bertz CT molecular complexity index is 1070. The summed E-state index contributed by atoms with van der Waals surface area (Å²) in [6.07, 6.45) is 6.78. The van der Waals surface area contributed by atoms with Gasteiger partial charge in [0.15, 0.2) is 0 Å². The highest BCUT2D eigenvalue weighted by molar-refractivity contribution is 6.62. The summed E-state index contributed by atoms with van der Waals surface area (Å²) in [4.78, 5) is 2.42. The van der Waals surface area contributed by atoms with E-state index in [9.17, 15) is 0 Å². The molecular weight excluding hydrogens is 381 g/mol. The van der Waals surface area contributed by atoms with Crippen LogP contribution in [0.15, 0.2) is 72.0 Å². The maximum atomic E-state index is 6.37. The lowest BCUT2D eigenvalue weighted by Crippen LogP contribution is -2.41. The van der Waals surface area contributed by atoms with E-state index >= 15 is 0 Å². The molecule has 2 aliphatic heterocycles. The molecular formula is C27H32BNO2. The Morgan fingerprint density at radius 3 is 2.23 bits per heavy atom. The number of nitrogens with zero attached hydrogens (tertiary/aromatic N) is 1. The molecule has 3 nitrogen and oxygen atoms in total. The molecule has 2 aromatic rings. The van der Waals surface area contributed by atoms with E-state index < -0.39 is 0 Å². The average molecular weight is 413 g/mol. The summed E-state index contributed by atoms with van der Waals surface area (Å²) in [7, 11) is -0.349. The number of anilines is 2. The second-order valence-electron chi connectivity index (χ2n) is 10.5. The van der Waals surface area contributed by atoms with Gasteiger partial charge in [0.1, 0.15) is 0 Å². The molecule has 0 radical (unpaired) electrons. The van der Waals surface area contributed by atoms with Crippen molar-refractivity contribution in [2.75, 3.05) is 4.90 Å². The van der Waals surface area contributed by atoms with Crippen molar-refractivity contribution in [2.24, 2.45) is 0 Å². The Kier molecular flexibility index (Phi) is 4.55. The van der Waals surface area contributed by atoms with E-state index in [1.807, 2.05) is 0 Å². The van der Waals surface area contributed by atoms with E-state index in [2.05, 4.69) is 107 Å². The third-order valence-corrected chi connectivity index (χ3v) is 7.62. The quantitative estimate of drug-likeness (QED) is 0.562. The molecule has 0 aromatic heterocycles. The van der Waals surface area contributed by atoms with Gasteiger partial charge >= 0.3 is 7.12 Å². The Labute approximate surface area is 186 Å². The van der Waals surface area contributed by atoms with Gasteiger partial charge in [0.05, 0.1) is 16.9 Å². The smallest absolute Gasteiger partial charge is 0.399 e. The van der Waals surface area contributed by atoms with Gasteiger partial charge in [-0.15, -0.1) is 0 Å². The molecule has 0 unspecified atom stereocenters. The third-order valence-electron chi connectivity index (χ3n) is 7.62. The minimum atomic E-state index is -0.349. The van der Waals surface area contributed by atoms with E-state index in [0.717, 1.165) is 18.3 Å². The van der Waals surface area contributed by atoms with Gasteiger partial charge in [0.25, 0.3) is 0 Å². The number of para-hydroxylation sites is 1. The van der Waals surface area contributed by atoms with Crippen molar-refractivity contribution in [1.82, 2.24) is 0 Å². The number of benzene rings is 2. The van der Waals surface area contributed by atoms with Crippen LogP contribution >= 0.6 is 0 Å². The highest BCUT2D eigenvalue weighted by Gasteiger charge is 2.52. The molecule has 0 atom stereocenters. The average Bonchev–Trinajstić information content (AvgIpc) is 2.96. The van der Waals surface area contributed by atoms with Gasteiger partial charge in [-0.3, -0.25) is 0 Å². The summed E-state index contributed by atoms with van der Waals surface area (Å²) in [5.74, 6) is 0. The second-order valence-corrected chi connectivity index (χ2v) is 10.5. The standard InChI is InChI=1S/C27H32BNO2/c1-25(2)21-14-10-11-15-23(21)29(20-12-8-7-9-13-20)24-17-16-19(18-22(24)25)28-30-26(3,4)27(5,6)31-28/h7-9,11-13,15-18H,10,14H2,1-6H3. The van der Waals surface area contributed by atoms with Gasteiger partial charge < -0.3 is 14.2 Å². The van der Waals surface area contributed by atoms with Crippen molar-refractivity contribution < 1.29 is 9.31 Å². The summed E-state index contributed by atoms with van der Waals surface area (Å²) >= 11 is 0. The molecule has 0 bridgehead atoms. The molecule has 0 spiro atoms. The first-order valence-corrected chi connectivity index (χ1v) is 11.4. The van der Waals surface area contributed by atoms with Crippen molar-refractivity contribution in [3.05, 3.63) is 77.5 Å². The van der Waals surface area contributed by atoms with Gasteiger partial charge in [-0.05, 0) is 81.4 Å². The van der Waals surface area contributed by atoms with Crippen LogP contribution in [-0.4, -0.2) is 18.3 Å². The van der Waals surface area contributed by atoms with Crippen molar-refractivity contribution in [2.45, 2.75) is 71.0 Å². The Hall–Kier alpha value is -2.30. The summed E-state index contributed by atoms with van der Waals surface area (Å²) in [5.41, 5.74) is 6.93. The summed E-state index contributed by atoms with van der Waals surface area (Å²) < 4.78 is 12.7. The normalized spacial score (nSPS) is 23.0. The van der Waals surface area contributed by atoms with E-state index in [4.69, 9.17) is 9.31 Å². The van der Waals surface area contributed by atoms with Gasteiger partial charge in [-0.25, -0.2) is 0 Å². The lowest BCUT2D eigenvalue weighted by Gasteiger charge is -2.44. The van der Waals surface area contributed by atoms with E-state index in [1.165, 1.54) is 28.2 Å². The van der Waals surface area contributed by atoms with E-state index in [0.29, 0.717) is 0 Å². The SMILES string of the molecule is CC1(C)C2=C(C=CCC2)N(c2ccccc2)c2ccc(B3OC(C)(C)C(C)(C)O3)cc21. The van der Waals surface area contributed by atoms with Crippen LogP contribution in [0.4, 0.5) is 11.4 Å². The fourth-order valence-corrected chi connectivity index (χ4v) is 5.02. The monoisotopic (exact) mass is 413 g/mol. The zero-order chi connectivity index (χ0) is 22.0. The zero-order valence-electron chi connectivity index (χ0n) is 19.5. The summed E-state index contributed by atoms with van der Waals surface area (Å²) in [5, 5.41) is 0. The van der Waals surface area contributed by atoms with Gasteiger partial charge in [-0.1, -0.05) is 50.3 Å². The van der Waals surface area contributed by atoms with Crippen LogP contribution in [0, 0.1) is 0 Å². The summed E-state index contributed by atoms with van der Waals surface area (Å²) in [6.45, 7) is 13.2. The van der Waals surface area contributed by atoms with Crippen LogP contribution in [0.5, 0.6) is 0 Å². The molecule has 0 amide bonds. The predicted molar refractivity (Wildman–Crippen MR) is 129 cm³/mol. The predicted octanol–water partition coefficient (Wildman–Crippen LogP) is 6.02. The van der Waals surface area contributed by atoms with Crippen LogP contribution in [0.1, 0.15) is 59.9 Å². The topological polar surface area (TPSA) is 21.7 Å². The first-order chi connectivity index (χ1) is 14.6. The minimum Gasteiger partial charge on any atom is -0.399 e. The molecule has 31 heavy (non-hydrogen) atoms. The number of fused-ring (bicyclic) bond motifs is 1. The molecule has 5 rings (SSSR count). The van der Waals surface area contributed by atoms with E-state index in [-0.39, 0.29) is 23.7 Å². The van der Waals surface area contributed by atoms with Gasteiger partial charge in [0.2, 0.25) is 0 Å². The number of allylic oxidation sites excluding steroid dienone is 3. The van der Waals surface area contributed by atoms with E-state index in [1.54, 1.807) is 0 Å². The van der Waals surface area contributed by atoms with Crippen molar-refractivity contribution in [3.8, 4) is 0 Å². The number of hydrogen-bond acceptors (Lipinski definition) is 3. The molecule has 0 saturated carbocycles. The number of rotatable bonds is 2. The van der Waals surface area contributed by atoms with Crippen LogP contribution in [0.3, 0.4) is 0 Å². The Morgan fingerprint density at radius 2 is 1.55 bits per heavy atom. The highest BCUT2D eigenvalue weighted by atomic mass is 16.7. The fourth-order valence-electron chi connectivity index (χ4n) is 5.02. The van der Waals surface area contributed by atoms with Crippen LogP contribution in [0.2, 0.25) is 0 Å². The third kappa shape index (κ3) is 3.11. The molecule has 2 aromatic carbocycles. The van der Waals surface area contributed by atoms with Crippen LogP contribution in [-0.2, 0) is 14.7 Å². The van der Waals surface area contributed by atoms with Crippen molar-refractivity contribution in [1.29, 1.82) is 0 Å². The van der Waals surface area contributed by atoms with Crippen LogP contribution in [0.25, 0.3) is 0 Å². The molecule has 3 aliphatic rings. The lowest BCUT2D eigenvalue weighted by molar-refractivity contribution is 0.00578. The molecule has 0 N–H and O–H groups in total. The maximum absolute atomic E-state index is 6.37. The first-order valence-electron chi connectivity index (χ1n) is 11.4. The van der Waals surface area contributed by atoms with Crippen LogP contribution < -0.4 is 10.4 Å². The largest absolute Gasteiger partial charge is 0.494 e. The minimum absolute atomic E-state index is 0.0552. The van der Waals surface area contributed by atoms with Gasteiger partial charge in [0, 0.05) is 16.8 Å². The maximum Gasteiger partial charge on any atom is 0.494 e. The molecule has 1 fully saturated rings. The highest BCUT2D eigenvalue weighted by Crippen LogP contribution is 2.50. The number of hydrogen-bond donors (Lipinski definition) is 0. The fraction of sp³-hybridized carbons (Fsp3) is 0.407. The first kappa shape index (κ1) is 20.6. The summed E-state index contributed by atoms with van der Waals surface area (Å²) in [6, 6.07) is 17.4. The van der Waals surface area contributed by atoms with Crippen molar-refractivity contribution in [3.63, 3.8) is 0 Å². The Balaban J connectivity index is 1.65. The zero-order valence-corrected chi connectivity index (χ0v) is 19.5. The molecule has 2 heterocycles. The molecule has 1 aliphatic carbocycles.